The molecule has 0 bridgehead atoms. The third-order valence-electron chi connectivity index (χ3n) is 5.14. The van der Waals surface area contributed by atoms with Crippen molar-refractivity contribution < 1.29 is 14.3 Å². The molecular weight excluding hydrogens is 390 g/mol. The molecule has 3 aromatic rings. The Labute approximate surface area is 181 Å². The number of rotatable bonds is 6. The number of hydrogen-bond acceptors (Lipinski definition) is 4. The van der Waals surface area contributed by atoms with Crippen LogP contribution in [0.3, 0.4) is 0 Å². The molecule has 0 saturated carbocycles. The van der Waals surface area contributed by atoms with E-state index in [0.717, 1.165) is 27.8 Å². The number of benzene rings is 3. The van der Waals surface area contributed by atoms with Crippen LogP contribution in [0.1, 0.15) is 43.0 Å². The number of nitrogens with two attached hydrogens (primary N) is 1. The molecule has 0 heterocycles. The van der Waals surface area contributed by atoms with E-state index in [1.165, 1.54) is 7.11 Å². The third kappa shape index (κ3) is 5.17. The molecule has 3 rings (SSSR count). The highest BCUT2D eigenvalue weighted by atomic mass is 16.5. The van der Waals surface area contributed by atoms with E-state index in [0.29, 0.717) is 16.7 Å². The van der Waals surface area contributed by atoms with Gasteiger partial charge in [0.1, 0.15) is 5.84 Å². The van der Waals surface area contributed by atoms with Gasteiger partial charge in [-0.25, -0.2) is 4.79 Å². The van der Waals surface area contributed by atoms with Gasteiger partial charge >= 0.3 is 5.97 Å². The Balaban J connectivity index is 1.90. The summed E-state index contributed by atoms with van der Waals surface area (Å²) in [7, 11) is 1.33. The summed E-state index contributed by atoms with van der Waals surface area (Å²) in [5.74, 6) is -0.690. The molecule has 0 fully saturated rings. The van der Waals surface area contributed by atoms with Gasteiger partial charge in [0.2, 0.25) is 0 Å². The molecule has 0 saturated heterocycles. The van der Waals surface area contributed by atoms with E-state index in [-0.39, 0.29) is 18.3 Å². The molecule has 0 aliphatic carbocycles. The zero-order valence-corrected chi connectivity index (χ0v) is 17.8. The number of hydrogen-bond donors (Lipinski definition) is 3. The van der Waals surface area contributed by atoms with Gasteiger partial charge < -0.3 is 15.8 Å². The number of ether oxygens (including phenoxy) is 1. The Kier molecular flexibility index (Phi) is 6.50. The molecule has 0 spiro atoms. The standard InChI is InChI=1S/C25H25N3O3/c1-15-7-8-20(9-16(15)2)24(29)28-14-17-10-21(13-22(11-17)25(30)31-3)18-5-4-6-19(12-18)23(26)27/h4-13H,14H2,1-3H3,(H3,26,27)(H,28,29). The summed E-state index contributed by atoms with van der Waals surface area (Å²) in [6.07, 6.45) is 0. The first kappa shape index (κ1) is 21.8. The average molecular weight is 415 g/mol. The van der Waals surface area contributed by atoms with Crippen LogP contribution in [0.5, 0.6) is 0 Å². The second kappa shape index (κ2) is 9.26. The fourth-order valence-electron chi connectivity index (χ4n) is 3.23. The molecule has 6 heteroatoms. The zero-order chi connectivity index (χ0) is 22.5. The smallest absolute Gasteiger partial charge is 0.337 e. The van der Waals surface area contributed by atoms with Crippen LogP contribution in [0.4, 0.5) is 0 Å². The quantitative estimate of drug-likeness (QED) is 0.322. The van der Waals surface area contributed by atoms with Crippen LogP contribution in [0.2, 0.25) is 0 Å². The van der Waals surface area contributed by atoms with Gasteiger partial charge in [0.05, 0.1) is 12.7 Å². The highest BCUT2D eigenvalue weighted by Crippen LogP contribution is 2.24. The molecule has 1 amide bonds. The summed E-state index contributed by atoms with van der Waals surface area (Å²) < 4.78 is 4.88. The SMILES string of the molecule is COC(=O)c1cc(CNC(=O)c2ccc(C)c(C)c2)cc(-c2cccc(C(=N)N)c2)c1. The van der Waals surface area contributed by atoms with E-state index in [4.69, 9.17) is 15.9 Å². The molecule has 3 aromatic carbocycles. The minimum atomic E-state index is -0.466. The molecule has 31 heavy (non-hydrogen) atoms. The van der Waals surface area contributed by atoms with Gasteiger partial charge in [0.25, 0.3) is 5.91 Å². The molecule has 0 aromatic heterocycles. The molecule has 6 nitrogen and oxygen atoms in total. The Morgan fingerprint density at radius 3 is 2.32 bits per heavy atom. The Morgan fingerprint density at radius 2 is 1.65 bits per heavy atom. The maximum Gasteiger partial charge on any atom is 0.337 e. The maximum atomic E-state index is 12.6. The molecular formula is C25H25N3O3. The van der Waals surface area contributed by atoms with Gasteiger partial charge in [-0.3, -0.25) is 10.2 Å². The van der Waals surface area contributed by atoms with Crippen molar-refractivity contribution in [3.05, 3.63) is 94.0 Å². The Hall–Kier alpha value is -3.93. The second-order valence-corrected chi connectivity index (χ2v) is 7.39. The van der Waals surface area contributed by atoms with Gasteiger partial charge in [-0.2, -0.15) is 0 Å². The average Bonchev–Trinajstić information content (AvgIpc) is 2.78. The Morgan fingerprint density at radius 1 is 0.903 bits per heavy atom. The highest BCUT2D eigenvalue weighted by molar-refractivity contribution is 5.97. The van der Waals surface area contributed by atoms with Crippen molar-refractivity contribution in [3.63, 3.8) is 0 Å². The van der Waals surface area contributed by atoms with Crippen LogP contribution < -0.4 is 11.1 Å². The van der Waals surface area contributed by atoms with Crippen LogP contribution in [-0.4, -0.2) is 24.8 Å². The van der Waals surface area contributed by atoms with Crippen LogP contribution in [0.15, 0.2) is 60.7 Å². The van der Waals surface area contributed by atoms with E-state index in [2.05, 4.69) is 5.32 Å². The number of amides is 1. The number of nitrogens with one attached hydrogen (secondary N) is 2. The molecule has 0 radical (unpaired) electrons. The molecule has 0 atom stereocenters. The lowest BCUT2D eigenvalue weighted by Crippen LogP contribution is -2.23. The zero-order valence-electron chi connectivity index (χ0n) is 17.8. The van der Waals surface area contributed by atoms with E-state index >= 15 is 0 Å². The van der Waals surface area contributed by atoms with Crippen molar-refractivity contribution >= 4 is 17.7 Å². The number of carbonyl (C=O) groups excluding carboxylic acids is 2. The van der Waals surface area contributed by atoms with Gasteiger partial charge in [-0.05, 0) is 78.1 Å². The van der Waals surface area contributed by atoms with Gasteiger partial charge in [-0.15, -0.1) is 0 Å². The van der Waals surface area contributed by atoms with Crippen molar-refractivity contribution in [1.82, 2.24) is 5.32 Å². The summed E-state index contributed by atoms with van der Waals surface area (Å²) in [6.45, 7) is 4.21. The van der Waals surface area contributed by atoms with Crippen molar-refractivity contribution in [2.75, 3.05) is 7.11 Å². The van der Waals surface area contributed by atoms with E-state index < -0.39 is 5.97 Å². The summed E-state index contributed by atoms with van der Waals surface area (Å²) in [4.78, 5) is 24.8. The molecule has 158 valence electrons. The lowest BCUT2D eigenvalue weighted by molar-refractivity contribution is 0.0600. The number of methoxy groups -OCH3 is 1. The largest absolute Gasteiger partial charge is 0.465 e. The lowest BCUT2D eigenvalue weighted by atomic mass is 9.98. The summed E-state index contributed by atoms with van der Waals surface area (Å²) in [5, 5.41) is 10.6. The van der Waals surface area contributed by atoms with E-state index in [1.54, 1.807) is 36.4 Å². The first-order valence-electron chi connectivity index (χ1n) is 9.81. The van der Waals surface area contributed by atoms with Crippen molar-refractivity contribution in [1.29, 1.82) is 5.41 Å². The molecule has 0 unspecified atom stereocenters. The lowest BCUT2D eigenvalue weighted by Gasteiger charge is -2.12. The van der Waals surface area contributed by atoms with Crippen molar-refractivity contribution in [2.45, 2.75) is 20.4 Å². The van der Waals surface area contributed by atoms with E-state index in [9.17, 15) is 9.59 Å². The summed E-state index contributed by atoms with van der Waals surface area (Å²) >= 11 is 0. The van der Waals surface area contributed by atoms with Crippen LogP contribution in [0, 0.1) is 19.3 Å². The van der Waals surface area contributed by atoms with E-state index in [1.807, 2.05) is 38.1 Å². The fraction of sp³-hybridized carbons (Fsp3) is 0.160. The predicted octanol–water partition coefficient (Wildman–Crippen LogP) is 3.97. The molecule has 0 aliphatic heterocycles. The number of aryl methyl sites for hydroxylation is 2. The first-order valence-corrected chi connectivity index (χ1v) is 9.81. The molecule has 0 aliphatic rings. The van der Waals surface area contributed by atoms with Crippen LogP contribution in [0.25, 0.3) is 11.1 Å². The Bertz CT molecular complexity index is 1170. The predicted molar refractivity (Wildman–Crippen MR) is 121 cm³/mol. The summed E-state index contributed by atoms with van der Waals surface area (Å²) in [6, 6.07) is 18.1. The van der Waals surface area contributed by atoms with Crippen molar-refractivity contribution in [3.8, 4) is 11.1 Å². The second-order valence-electron chi connectivity index (χ2n) is 7.39. The monoisotopic (exact) mass is 415 g/mol. The topological polar surface area (TPSA) is 105 Å². The highest BCUT2D eigenvalue weighted by Gasteiger charge is 2.12. The molecule has 4 N–H and O–H groups in total. The number of carbonyl (C=O) groups is 2. The van der Waals surface area contributed by atoms with Crippen LogP contribution >= 0.6 is 0 Å². The number of amidine groups is 1. The fourth-order valence-corrected chi connectivity index (χ4v) is 3.23. The van der Waals surface area contributed by atoms with Gasteiger partial charge in [0.15, 0.2) is 0 Å². The van der Waals surface area contributed by atoms with Gasteiger partial charge in [0, 0.05) is 17.7 Å². The normalized spacial score (nSPS) is 10.4. The maximum absolute atomic E-state index is 12.6. The minimum absolute atomic E-state index is 0.0353. The van der Waals surface area contributed by atoms with Crippen LogP contribution in [-0.2, 0) is 11.3 Å². The minimum Gasteiger partial charge on any atom is -0.465 e. The number of nitrogen functional groups attached to an aromatic ring is 1. The number of esters is 1. The third-order valence-corrected chi connectivity index (χ3v) is 5.14. The summed E-state index contributed by atoms with van der Waals surface area (Å²) in [5.41, 5.74) is 11.7. The van der Waals surface area contributed by atoms with Crippen molar-refractivity contribution in [2.24, 2.45) is 5.73 Å². The van der Waals surface area contributed by atoms with Gasteiger partial charge in [-0.1, -0.05) is 24.3 Å². The first-order chi connectivity index (χ1) is 14.8.